The lowest BCUT2D eigenvalue weighted by atomic mass is 9.84. The van der Waals surface area contributed by atoms with E-state index < -0.39 is 5.60 Å². The summed E-state index contributed by atoms with van der Waals surface area (Å²) >= 11 is 0. The van der Waals surface area contributed by atoms with Crippen LogP contribution in [0.4, 0.5) is 4.39 Å². The lowest BCUT2D eigenvalue weighted by molar-refractivity contribution is -0.141. The summed E-state index contributed by atoms with van der Waals surface area (Å²) in [6.45, 7) is 2.22. The molecule has 0 aliphatic carbocycles. The average Bonchev–Trinajstić information content (AvgIpc) is 3.07. The van der Waals surface area contributed by atoms with Gasteiger partial charge in [-0.1, -0.05) is 36.4 Å². The first kappa shape index (κ1) is 19.6. The number of benzene rings is 2. The zero-order valence-electron chi connectivity index (χ0n) is 16.5. The quantitative estimate of drug-likeness (QED) is 0.672. The molecule has 2 aromatic carbocycles. The number of ether oxygens (including phenoxy) is 1. The van der Waals surface area contributed by atoms with E-state index in [1.54, 1.807) is 18.2 Å². The standard InChI is InChI=1S/C23H25FN2O3/c1-29-22(27)16-26-15-17(18-6-2-5-9-21(18)26)14-25-12-10-23(28,11-13-25)19-7-3-4-8-20(19)24/h2-9,15,28H,10-14,16H2,1H3. The van der Waals surface area contributed by atoms with Crippen molar-refractivity contribution in [2.24, 2.45) is 0 Å². The Morgan fingerprint density at radius 2 is 1.83 bits per heavy atom. The Morgan fingerprint density at radius 3 is 2.55 bits per heavy atom. The van der Waals surface area contributed by atoms with Crippen molar-refractivity contribution in [3.8, 4) is 0 Å². The fourth-order valence-corrected chi connectivity index (χ4v) is 4.21. The normalized spacial score (nSPS) is 16.8. The minimum Gasteiger partial charge on any atom is -0.468 e. The van der Waals surface area contributed by atoms with Crippen LogP contribution in [-0.2, 0) is 28.2 Å². The third-order valence-electron chi connectivity index (χ3n) is 5.85. The number of carbonyl (C=O) groups excluding carboxylic acids is 1. The van der Waals surface area contributed by atoms with Gasteiger partial charge in [0.25, 0.3) is 0 Å². The summed E-state index contributed by atoms with van der Waals surface area (Å²) in [5, 5.41) is 12.1. The van der Waals surface area contributed by atoms with Crippen LogP contribution >= 0.6 is 0 Å². The smallest absolute Gasteiger partial charge is 0.325 e. The van der Waals surface area contributed by atoms with E-state index in [1.165, 1.54) is 13.2 Å². The molecule has 0 atom stereocenters. The minimum atomic E-state index is -1.12. The van der Waals surface area contributed by atoms with Gasteiger partial charge in [0, 0.05) is 42.3 Å². The van der Waals surface area contributed by atoms with Gasteiger partial charge in [0.05, 0.1) is 12.7 Å². The van der Waals surface area contributed by atoms with Crippen LogP contribution in [-0.4, -0.2) is 40.7 Å². The van der Waals surface area contributed by atoms with Crippen LogP contribution in [0.2, 0.25) is 0 Å². The number of fused-ring (bicyclic) bond motifs is 1. The Hall–Kier alpha value is -2.70. The molecule has 6 heteroatoms. The summed E-state index contributed by atoms with van der Waals surface area (Å²) in [7, 11) is 1.39. The molecule has 2 heterocycles. The minimum absolute atomic E-state index is 0.171. The van der Waals surface area contributed by atoms with E-state index in [4.69, 9.17) is 4.74 Å². The van der Waals surface area contributed by atoms with Crippen LogP contribution in [0.3, 0.4) is 0 Å². The Morgan fingerprint density at radius 1 is 1.14 bits per heavy atom. The van der Waals surface area contributed by atoms with Crippen LogP contribution < -0.4 is 0 Å². The molecule has 1 aromatic heterocycles. The number of rotatable bonds is 5. The van der Waals surface area contributed by atoms with Crippen molar-refractivity contribution in [2.45, 2.75) is 31.5 Å². The molecule has 3 aromatic rings. The molecule has 0 amide bonds. The predicted molar refractivity (Wildman–Crippen MR) is 109 cm³/mol. The number of piperidine rings is 1. The molecule has 1 fully saturated rings. The number of esters is 1. The van der Waals surface area contributed by atoms with Gasteiger partial charge < -0.3 is 14.4 Å². The SMILES string of the molecule is COC(=O)Cn1cc(CN2CCC(O)(c3ccccc3F)CC2)c2ccccc21. The van der Waals surface area contributed by atoms with Gasteiger partial charge in [0.1, 0.15) is 12.4 Å². The Bertz CT molecular complexity index is 1020. The molecule has 0 unspecified atom stereocenters. The van der Waals surface area contributed by atoms with Crippen molar-refractivity contribution in [3.63, 3.8) is 0 Å². The number of methoxy groups -OCH3 is 1. The number of carbonyl (C=O) groups is 1. The number of likely N-dealkylation sites (tertiary alicyclic amines) is 1. The number of para-hydroxylation sites is 1. The molecular weight excluding hydrogens is 371 g/mol. The molecule has 0 radical (unpaired) electrons. The molecule has 152 valence electrons. The van der Waals surface area contributed by atoms with E-state index in [1.807, 2.05) is 29.0 Å². The van der Waals surface area contributed by atoms with Crippen LogP contribution in [0.25, 0.3) is 10.9 Å². The first-order valence-electron chi connectivity index (χ1n) is 9.83. The number of aliphatic hydroxyl groups is 1. The molecule has 1 aliphatic rings. The fraction of sp³-hybridized carbons (Fsp3) is 0.348. The molecule has 1 N–H and O–H groups in total. The van der Waals surface area contributed by atoms with Crippen molar-refractivity contribution in [3.05, 3.63) is 71.7 Å². The van der Waals surface area contributed by atoms with E-state index >= 15 is 0 Å². The number of hydrogen-bond acceptors (Lipinski definition) is 4. The maximum atomic E-state index is 14.2. The fourth-order valence-electron chi connectivity index (χ4n) is 4.21. The number of aromatic nitrogens is 1. The van der Waals surface area contributed by atoms with E-state index in [9.17, 15) is 14.3 Å². The summed E-state index contributed by atoms with van der Waals surface area (Å²) in [4.78, 5) is 14.0. The first-order valence-corrected chi connectivity index (χ1v) is 9.83. The maximum absolute atomic E-state index is 14.2. The van der Waals surface area contributed by atoms with Crippen LogP contribution in [0, 0.1) is 5.82 Å². The van der Waals surface area contributed by atoms with Gasteiger partial charge in [0.15, 0.2) is 0 Å². The lowest BCUT2D eigenvalue weighted by Gasteiger charge is -2.38. The van der Waals surface area contributed by atoms with E-state index in [0.29, 0.717) is 38.0 Å². The van der Waals surface area contributed by atoms with Crippen molar-refractivity contribution < 1.29 is 19.0 Å². The Kier molecular flexibility index (Phi) is 5.39. The highest BCUT2D eigenvalue weighted by Gasteiger charge is 2.36. The van der Waals surface area contributed by atoms with Gasteiger partial charge >= 0.3 is 5.97 Å². The number of halogens is 1. The summed E-state index contributed by atoms with van der Waals surface area (Å²) in [6, 6.07) is 14.5. The molecule has 1 saturated heterocycles. The van der Waals surface area contributed by atoms with Gasteiger partial charge in [0.2, 0.25) is 0 Å². The number of nitrogens with zero attached hydrogens (tertiary/aromatic N) is 2. The average molecular weight is 396 g/mol. The lowest BCUT2D eigenvalue weighted by Crippen LogP contribution is -2.42. The van der Waals surface area contributed by atoms with Crippen molar-refractivity contribution >= 4 is 16.9 Å². The molecule has 0 saturated carbocycles. The third kappa shape index (κ3) is 3.91. The van der Waals surface area contributed by atoms with E-state index in [2.05, 4.69) is 11.0 Å². The molecule has 5 nitrogen and oxygen atoms in total. The van der Waals surface area contributed by atoms with Crippen LogP contribution in [0.15, 0.2) is 54.7 Å². The van der Waals surface area contributed by atoms with Crippen LogP contribution in [0.5, 0.6) is 0 Å². The predicted octanol–water partition coefficient (Wildman–Crippen LogP) is 3.44. The van der Waals surface area contributed by atoms with Crippen molar-refractivity contribution in [1.29, 1.82) is 0 Å². The topological polar surface area (TPSA) is 54.7 Å². The third-order valence-corrected chi connectivity index (χ3v) is 5.85. The van der Waals surface area contributed by atoms with Crippen molar-refractivity contribution in [1.82, 2.24) is 9.47 Å². The Labute approximate surface area is 169 Å². The number of hydrogen-bond donors (Lipinski definition) is 1. The second kappa shape index (κ2) is 7.97. The molecule has 0 bridgehead atoms. The first-order chi connectivity index (χ1) is 14.0. The molecule has 0 spiro atoms. The van der Waals surface area contributed by atoms with E-state index in [-0.39, 0.29) is 18.3 Å². The van der Waals surface area contributed by atoms with Gasteiger partial charge in [-0.05, 0) is 30.5 Å². The van der Waals surface area contributed by atoms with Gasteiger partial charge in [-0.15, -0.1) is 0 Å². The monoisotopic (exact) mass is 396 g/mol. The summed E-state index contributed by atoms with van der Waals surface area (Å²) in [5.74, 6) is -0.639. The zero-order chi connectivity index (χ0) is 20.4. The van der Waals surface area contributed by atoms with Gasteiger partial charge in [-0.25, -0.2) is 4.39 Å². The highest BCUT2D eigenvalue weighted by atomic mass is 19.1. The van der Waals surface area contributed by atoms with Crippen LogP contribution in [0.1, 0.15) is 24.0 Å². The second-order valence-corrected chi connectivity index (χ2v) is 7.66. The summed E-state index contributed by atoms with van der Waals surface area (Å²) in [5.41, 5.74) is 1.38. The summed E-state index contributed by atoms with van der Waals surface area (Å²) < 4.78 is 20.9. The second-order valence-electron chi connectivity index (χ2n) is 7.66. The van der Waals surface area contributed by atoms with Gasteiger partial charge in [-0.3, -0.25) is 9.69 Å². The maximum Gasteiger partial charge on any atom is 0.325 e. The molecular formula is C23H25FN2O3. The highest BCUT2D eigenvalue weighted by molar-refractivity contribution is 5.85. The molecule has 4 rings (SSSR count). The Balaban J connectivity index is 1.51. The van der Waals surface area contributed by atoms with E-state index in [0.717, 1.165) is 16.5 Å². The van der Waals surface area contributed by atoms with Crippen molar-refractivity contribution in [2.75, 3.05) is 20.2 Å². The summed E-state index contributed by atoms with van der Waals surface area (Å²) in [6.07, 6.45) is 2.96. The highest BCUT2D eigenvalue weighted by Crippen LogP contribution is 2.35. The molecule has 29 heavy (non-hydrogen) atoms. The largest absolute Gasteiger partial charge is 0.468 e. The zero-order valence-corrected chi connectivity index (χ0v) is 16.5. The molecule has 1 aliphatic heterocycles. The van der Waals surface area contributed by atoms with Gasteiger partial charge in [-0.2, -0.15) is 0 Å².